The van der Waals surface area contributed by atoms with Crippen molar-refractivity contribution in [3.8, 4) is 0 Å². The Balaban J connectivity index is 2.25. The lowest BCUT2D eigenvalue weighted by Gasteiger charge is -1.96. The minimum atomic E-state index is -0.792. The van der Waals surface area contributed by atoms with Crippen molar-refractivity contribution in [1.82, 2.24) is 20.6 Å². The fraction of sp³-hybridized carbons (Fsp3) is 0.714. The highest BCUT2D eigenvalue weighted by molar-refractivity contribution is 5.77. The van der Waals surface area contributed by atoms with E-state index >= 15 is 0 Å². The number of H-pyrrole nitrogens is 1. The molecular formula is C7H10N4O2. The van der Waals surface area contributed by atoms with Crippen molar-refractivity contribution in [3.05, 3.63) is 5.82 Å². The summed E-state index contributed by atoms with van der Waals surface area (Å²) >= 11 is 0. The molecule has 2 rings (SSSR count). The lowest BCUT2D eigenvalue weighted by atomic mass is 10.1. The van der Waals surface area contributed by atoms with Crippen LogP contribution in [-0.4, -0.2) is 31.7 Å². The van der Waals surface area contributed by atoms with E-state index in [0.29, 0.717) is 5.82 Å². The maximum absolute atomic E-state index is 10.8. The minimum Gasteiger partial charge on any atom is -0.481 e. The Hall–Kier alpha value is -1.46. The molecule has 70 valence electrons. The van der Waals surface area contributed by atoms with Crippen molar-refractivity contribution in [2.75, 3.05) is 0 Å². The minimum absolute atomic E-state index is 0.108. The molecule has 1 heterocycles. The van der Waals surface area contributed by atoms with Crippen LogP contribution in [0.25, 0.3) is 0 Å². The van der Waals surface area contributed by atoms with Crippen LogP contribution in [0.5, 0.6) is 0 Å². The lowest BCUT2D eigenvalue weighted by molar-refractivity contribution is -0.139. The van der Waals surface area contributed by atoms with Crippen molar-refractivity contribution in [2.24, 2.45) is 11.3 Å². The SMILES string of the molecule is CC1(C)[C@H](C(=O)O)[C@H]1c1nn[nH]n1. The number of aromatic nitrogens is 4. The molecule has 1 fully saturated rings. The third-order valence-electron chi connectivity index (χ3n) is 2.73. The molecule has 0 aliphatic heterocycles. The molecular weight excluding hydrogens is 172 g/mol. The van der Waals surface area contributed by atoms with E-state index in [0.717, 1.165) is 0 Å². The number of rotatable bonds is 2. The Bertz CT molecular complexity index is 332. The van der Waals surface area contributed by atoms with Gasteiger partial charge in [0.15, 0.2) is 5.82 Å². The maximum Gasteiger partial charge on any atom is 0.307 e. The number of tetrazole rings is 1. The molecule has 0 saturated heterocycles. The van der Waals surface area contributed by atoms with Gasteiger partial charge < -0.3 is 5.11 Å². The largest absolute Gasteiger partial charge is 0.481 e. The molecule has 0 radical (unpaired) electrons. The van der Waals surface area contributed by atoms with Gasteiger partial charge in [0.05, 0.1) is 5.92 Å². The van der Waals surface area contributed by atoms with Gasteiger partial charge in [0.2, 0.25) is 0 Å². The standard InChI is InChI=1S/C7H10N4O2/c1-7(2)3(4(7)6(12)13)5-8-10-11-9-5/h3-4H,1-2H3,(H,12,13)(H,8,9,10,11)/t3-,4-/m0/s1. The highest BCUT2D eigenvalue weighted by Crippen LogP contribution is 2.63. The number of aromatic amines is 1. The summed E-state index contributed by atoms with van der Waals surface area (Å²) in [6, 6.07) is 0. The number of carbonyl (C=O) groups is 1. The van der Waals surface area contributed by atoms with Crippen LogP contribution in [0, 0.1) is 11.3 Å². The Kier molecular flexibility index (Phi) is 1.43. The topological polar surface area (TPSA) is 91.8 Å². The molecule has 1 aliphatic carbocycles. The van der Waals surface area contributed by atoms with E-state index in [9.17, 15) is 4.79 Å². The van der Waals surface area contributed by atoms with E-state index in [1.165, 1.54) is 0 Å². The van der Waals surface area contributed by atoms with E-state index in [2.05, 4.69) is 20.6 Å². The summed E-state index contributed by atoms with van der Waals surface area (Å²) in [4.78, 5) is 10.8. The second-order valence-electron chi connectivity index (χ2n) is 3.88. The number of hydrogen-bond acceptors (Lipinski definition) is 4. The van der Waals surface area contributed by atoms with E-state index < -0.39 is 5.97 Å². The molecule has 0 aromatic carbocycles. The Morgan fingerprint density at radius 1 is 1.62 bits per heavy atom. The molecule has 0 bridgehead atoms. The summed E-state index contributed by atoms with van der Waals surface area (Å²) in [6.07, 6.45) is 0. The van der Waals surface area contributed by atoms with Gasteiger partial charge in [0.1, 0.15) is 0 Å². The fourth-order valence-corrected chi connectivity index (χ4v) is 1.88. The van der Waals surface area contributed by atoms with E-state index in [1.54, 1.807) is 0 Å². The number of hydrogen-bond donors (Lipinski definition) is 2. The highest BCUT2D eigenvalue weighted by Gasteiger charge is 2.64. The molecule has 2 atom stereocenters. The van der Waals surface area contributed by atoms with Crippen molar-refractivity contribution in [2.45, 2.75) is 19.8 Å². The average Bonchev–Trinajstić information content (AvgIpc) is 2.50. The smallest absolute Gasteiger partial charge is 0.307 e. The predicted molar refractivity (Wildman–Crippen MR) is 41.8 cm³/mol. The van der Waals surface area contributed by atoms with Crippen molar-refractivity contribution in [1.29, 1.82) is 0 Å². The molecule has 2 N–H and O–H groups in total. The summed E-state index contributed by atoms with van der Waals surface area (Å²) in [5.41, 5.74) is -0.254. The van der Waals surface area contributed by atoms with Gasteiger partial charge in [-0.05, 0) is 5.41 Å². The van der Waals surface area contributed by atoms with E-state index in [-0.39, 0.29) is 17.3 Å². The van der Waals surface area contributed by atoms with Crippen molar-refractivity contribution in [3.63, 3.8) is 0 Å². The first-order valence-electron chi connectivity index (χ1n) is 4.01. The summed E-state index contributed by atoms with van der Waals surface area (Å²) in [5.74, 6) is -0.786. The number of aliphatic carboxylic acids is 1. The number of nitrogens with zero attached hydrogens (tertiary/aromatic N) is 3. The zero-order chi connectivity index (χ0) is 9.64. The van der Waals surface area contributed by atoms with Gasteiger partial charge in [-0.25, -0.2) is 0 Å². The average molecular weight is 182 g/mol. The van der Waals surface area contributed by atoms with Crippen LogP contribution in [0.4, 0.5) is 0 Å². The fourth-order valence-electron chi connectivity index (χ4n) is 1.88. The first kappa shape index (κ1) is 8.15. The normalized spacial score (nSPS) is 30.0. The van der Waals surface area contributed by atoms with Gasteiger partial charge in [-0.1, -0.05) is 19.1 Å². The number of nitrogens with one attached hydrogen (secondary N) is 1. The van der Waals surface area contributed by atoms with Crippen LogP contribution in [0.1, 0.15) is 25.6 Å². The maximum atomic E-state index is 10.8. The lowest BCUT2D eigenvalue weighted by Crippen LogP contribution is -2.03. The molecule has 1 aromatic heterocycles. The monoisotopic (exact) mass is 182 g/mol. The second-order valence-corrected chi connectivity index (χ2v) is 3.88. The van der Waals surface area contributed by atoms with Crippen LogP contribution in [-0.2, 0) is 4.79 Å². The number of carboxylic acids is 1. The molecule has 13 heavy (non-hydrogen) atoms. The molecule has 1 aliphatic rings. The van der Waals surface area contributed by atoms with Gasteiger partial charge in [0.25, 0.3) is 0 Å². The predicted octanol–water partition coefficient (Wildman–Crippen LogP) is 0.0239. The van der Waals surface area contributed by atoms with Crippen molar-refractivity contribution < 1.29 is 9.90 Å². The molecule has 1 saturated carbocycles. The first-order chi connectivity index (χ1) is 6.05. The van der Waals surface area contributed by atoms with Gasteiger partial charge in [-0.3, -0.25) is 4.79 Å². The van der Waals surface area contributed by atoms with E-state index in [1.807, 2.05) is 13.8 Å². The van der Waals surface area contributed by atoms with Gasteiger partial charge in [-0.15, -0.1) is 10.2 Å². The van der Waals surface area contributed by atoms with Crippen LogP contribution in [0.3, 0.4) is 0 Å². The van der Waals surface area contributed by atoms with Gasteiger partial charge >= 0.3 is 5.97 Å². The van der Waals surface area contributed by atoms with Gasteiger partial charge in [0, 0.05) is 5.92 Å². The molecule has 6 heteroatoms. The van der Waals surface area contributed by atoms with Crippen LogP contribution >= 0.6 is 0 Å². The Labute approximate surface area is 74.3 Å². The quantitative estimate of drug-likeness (QED) is 0.672. The van der Waals surface area contributed by atoms with Crippen LogP contribution in [0.2, 0.25) is 0 Å². The molecule has 6 nitrogen and oxygen atoms in total. The summed E-state index contributed by atoms with van der Waals surface area (Å²) in [5, 5.41) is 22.2. The third-order valence-corrected chi connectivity index (χ3v) is 2.73. The number of carboxylic acid groups (broad SMARTS) is 1. The van der Waals surface area contributed by atoms with Crippen LogP contribution < -0.4 is 0 Å². The second kappa shape index (κ2) is 2.27. The summed E-state index contributed by atoms with van der Waals surface area (Å²) < 4.78 is 0. The highest BCUT2D eigenvalue weighted by atomic mass is 16.4. The molecule has 0 spiro atoms. The first-order valence-corrected chi connectivity index (χ1v) is 4.01. The zero-order valence-electron chi connectivity index (χ0n) is 7.35. The molecule has 0 amide bonds. The summed E-state index contributed by atoms with van der Waals surface area (Å²) in [6.45, 7) is 3.79. The van der Waals surface area contributed by atoms with Crippen LogP contribution in [0.15, 0.2) is 0 Å². The van der Waals surface area contributed by atoms with Gasteiger partial charge in [-0.2, -0.15) is 5.21 Å². The Morgan fingerprint density at radius 2 is 2.31 bits per heavy atom. The third kappa shape index (κ3) is 1.01. The zero-order valence-corrected chi connectivity index (χ0v) is 7.35. The van der Waals surface area contributed by atoms with E-state index in [4.69, 9.17) is 5.11 Å². The Morgan fingerprint density at radius 3 is 2.69 bits per heavy atom. The summed E-state index contributed by atoms with van der Waals surface area (Å²) in [7, 11) is 0. The van der Waals surface area contributed by atoms with Crippen molar-refractivity contribution >= 4 is 5.97 Å². The molecule has 1 aromatic rings. The molecule has 0 unspecified atom stereocenters.